The van der Waals surface area contributed by atoms with Crippen molar-refractivity contribution in [1.29, 1.82) is 0 Å². The van der Waals surface area contributed by atoms with Crippen LogP contribution in [0.1, 0.15) is 40.0 Å². The number of nitrogens with two attached hydrogens (primary N) is 1. The molecule has 11 heavy (non-hydrogen) atoms. The van der Waals surface area contributed by atoms with Gasteiger partial charge >= 0.3 is 0 Å². The lowest BCUT2D eigenvalue weighted by atomic mass is 9.69. The van der Waals surface area contributed by atoms with Crippen molar-refractivity contribution in [2.75, 3.05) is 0 Å². The van der Waals surface area contributed by atoms with Crippen LogP contribution < -0.4 is 5.73 Å². The molecule has 64 valence electrons. The van der Waals surface area contributed by atoms with Gasteiger partial charge in [-0.25, -0.2) is 0 Å². The van der Waals surface area contributed by atoms with E-state index in [0.717, 1.165) is 5.92 Å². The van der Waals surface area contributed by atoms with Crippen LogP contribution in [0.4, 0.5) is 0 Å². The molecule has 2 N–H and O–H groups in total. The van der Waals surface area contributed by atoms with Gasteiger partial charge in [-0.1, -0.05) is 20.8 Å². The Morgan fingerprint density at radius 2 is 1.91 bits per heavy atom. The molecule has 0 unspecified atom stereocenters. The summed E-state index contributed by atoms with van der Waals surface area (Å²) in [6.45, 7) is 7.18. The van der Waals surface area contributed by atoms with E-state index in [4.69, 9.17) is 5.73 Å². The minimum Gasteiger partial charge on any atom is -0.327 e. The molecule has 0 aromatic carbocycles. The fraction of sp³-hybridized carbons (Fsp3) is 1.00. The summed E-state index contributed by atoms with van der Waals surface area (Å²) in [5, 5.41) is 0. The third-order valence-electron chi connectivity index (χ3n) is 4.86. The van der Waals surface area contributed by atoms with Gasteiger partial charge in [-0.05, 0) is 36.0 Å². The summed E-state index contributed by atoms with van der Waals surface area (Å²) >= 11 is 0. The maximum Gasteiger partial charge on any atom is 0.0101 e. The van der Waals surface area contributed by atoms with Crippen LogP contribution in [0.2, 0.25) is 0 Å². The van der Waals surface area contributed by atoms with E-state index in [-0.39, 0.29) is 0 Å². The lowest BCUT2D eigenvalue weighted by Gasteiger charge is -2.37. The van der Waals surface area contributed by atoms with Gasteiger partial charge in [0.15, 0.2) is 0 Å². The minimum atomic E-state index is 0.442. The Morgan fingerprint density at radius 3 is 2.09 bits per heavy atom. The maximum absolute atomic E-state index is 6.13. The molecule has 0 aliphatic heterocycles. The number of hydrogen-bond acceptors (Lipinski definition) is 1. The zero-order chi connectivity index (χ0) is 8.28. The van der Waals surface area contributed by atoms with Crippen molar-refractivity contribution in [3.05, 3.63) is 0 Å². The molecule has 0 aromatic heterocycles. The third-order valence-corrected chi connectivity index (χ3v) is 4.86. The summed E-state index contributed by atoms with van der Waals surface area (Å²) < 4.78 is 0. The highest BCUT2D eigenvalue weighted by Gasteiger charge is 2.59. The molecule has 2 fully saturated rings. The van der Waals surface area contributed by atoms with Gasteiger partial charge in [-0.15, -0.1) is 0 Å². The van der Waals surface area contributed by atoms with E-state index in [0.29, 0.717) is 16.9 Å². The fourth-order valence-corrected chi connectivity index (χ4v) is 3.27. The van der Waals surface area contributed by atoms with E-state index < -0.39 is 0 Å². The number of hydrogen-bond donors (Lipinski definition) is 1. The third kappa shape index (κ3) is 0.658. The molecule has 0 aromatic rings. The summed E-state index contributed by atoms with van der Waals surface area (Å²) in [6.07, 6.45) is 4.03. The fourth-order valence-electron chi connectivity index (χ4n) is 3.27. The highest BCUT2D eigenvalue weighted by Crippen LogP contribution is 2.64. The van der Waals surface area contributed by atoms with Crippen molar-refractivity contribution < 1.29 is 0 Å². The first kappa shape index (κ1) is 7.60. The van der Waals surface area contributed by atoms with Crippen LogP contribution in [0.25, 0.3) is 0 Å². The summed E-state index contributed by atoms with van der Waals surface area (Å²) in [4.78, 5) is 0. The van der Waals surface area contributed by atoms with E-state index >= 15 is 0 Å². The molecule has 2 aliphatic rings. The van der Waals surface area contributed by atoms with Crippen LogP contribution in [0.5, 0.6) is 0 Å². The van der Waals surface area contributed by atoms with Crippen molar-refractivity contribution in [2.45, 2.75) is 46.1 Å². The summed E-state index contributed by atoms with van der Waals surface area (Å²) in [6, 6.07) is 0.469. The van der Waals surface area contributed by atoms with E-state index in [1.807, 2.05) is 0 Å². The Kier molecular flexibility index (Phi) is 1.26. The summed E-state index contributed by atoms with van der Waals surface area (Å²) in [5.41, 5.74) is 7.08. The van der Waals surface area contributed by atoms with Crippen LogP contribution in [0.15, 0.2) is 0 Å². The zero-order valence-electron chi connectivity index (χ0n) is 7.85. The van der Waals surface area contributed by atoms with Crippen LogP contribution in [0.3, 0.4) is 0 Å². The molecule has 0 spiro atoms. The Bertz CT molecular complexity index is 185. The average Bonchev–Trinajstić information content (AvgIpc) is 2.20. The smallest absolute Gasteiger partial charge is 0.0101 e. The molecule has 0 heterocycles. The first-order valence-corrected chi connectivity index (χ1v) is 4.74. The van der Waals surface area contributed by atoms with E-state index in [2.05, 4.69) is 20.8 Å². The van der Waals surface area contributed by atoms with E-state index in [1.165, 1.54) is 19.3 Å². The lowest BCUT2D eigenvalue weighted by Crippen LogP contribution is -2.40. The monoisotopic (exact) mass is 153 g/mol. The van der Waals surface area contributed by atoms with Gasteiger partial charge in [0.25, 0.3) is 0 Å². The molecule has 2 aliphatic carbocycles. The van der Waals surface area contributed by atoms with Crippen LogP contribution >= 0.6 is 0 Å². The van der Waals surface area contributed by atoms with Gasteiger partial charge in [-0.2, -0.15) is 0 Å². The predicted molar refractivity (Wildman–Crippen MR) is 47.2 cm³/mol. The normalized spacial score (nSPS) is 53.5. The molecule has 1 nitrogen and oxygen atoms in total. The quantitative estimate of drug-likeness (QED) is 0.567. The van der Waals surface area contributed by atoms with Crippen LogP contribution in [-0.4, -0.2) is 6.04 Å². The Balaban J connectivity index is 2.40. The summed E-state index contributed by atoms with van der Waals surface area (Å²) in [7, 11) is 0. The van der Waals surface area contributed by atoms with E-state index in [9.17, 15) is 0 Å². The van der Waals surface area contributed by atoms with Gasteiger partial charge < -0.3 is 5.73 Å². The number of rotatable bonds is 0. The molecule has 0 saturated heterocycles. The van der Waals surface area contributed by atoms with Gasteiger partial charge in [0.2, 0.25) is 0 Å². The van der Waals surface area contributed by atoms with Crippen molar-refractivity contribution in [3.8, 4) is 0 Å². The first-order valence-electron chi connectivity index (χ1n) is 4.74. The molecule has 1 heteroatoms. The number of fused-ring (bicyclic) bond motifs is 2. The van der Waals surface area contributed by atoms with E-state index in [1.54, 1.807) is 0 Å². The van der Waals surface area contributed by atoms with Gasteiger partial charge in [-0.3, -0.25) is 0 Å². The Hall–Kier alpha value is -0.0400. The SMILES string of the molecule is CC1(C)[C@@H]2CC[C@@]1(C)[C@@H](N)C2. The molecular formula is C10H19N. The molecule has 2 rings (SSSR count). The second-order valence-electron chi connectivity index (χ2n) is 5.22. The molecule has 3 atom stereocenters. The largest absolute Gasteiger partial charge is 0.327 e. The molecule has 2 saturated carbocycles. The van der Waals surface area contributed by atoms with Crippen molar-refractivity contribution in [3.63, 3.8) is 0 Å². The first-order chi connectivity index (χ1) is 4.98. The maximum atomic E-state index is 6.13. The van der Waals surface area contributed by atoms with Crippen LogP contribution in [-0.2, 0) is 0 Å². The van der Waals surface area contributed by atoms with Gasteiger partial charge in [0.1, 0.15) is 0 Å². The van der Waals surface area contributed by atoms with Gasteiger partial charge in [0.05, 0.1) is 0 Å². The highest BCUT2D eigenvalue weighted by atomic mass is 14.8. The Morgan fingerprint density at radius 1 is 1.27 bits per heavy atom. The minimum absolute atomic E-state index is 0.442. The molecule has 0 amide bonds. The molecule has 2 bridgehead atoms. The molecule has 0 radical (unpaired) electrons. The zero-order valence-corrected chi connectivity index (χ0v) is 7.85. The second-order valence-corrected chi connectivity index (χ2v) is 5.22. The Labute approximate surface area is 69.4 Å². The second kappa shape index (κ2) is 1.82. The van der Waals surface area contributed by atoms with Gasteiger partial charge in [0, 0.05) is 6.04 Å². The lowest BCUT2D eigenvalue weighted by molar-refractivity contribution is 0.136. The van der Waals surface area contributed by atoms with Crippen molar-refractivity contribution >= 4 is 0 Å². The van der Waals surface area contributed by atoms with Crippen molar-refractivity contribution in [1.82, 2.24) is 0 Å². The van der Waals surface area contributed by atoms with Crippen molar-refractivity contribution in [2.24, 2.45) is 22.5 Å². The molecular weight excluding hydrogens is 134 g/mol. The standard InChI is InChI=1S/C10H19N/c1-9(2)7-4-5-10(9,3)8(11)6-7/h7-8H,4-6,11H2,1-3H3/t7-,8+,10+/m1/s1. The highest BCUT2D eigenvalue weighted by molar-refractivity contribution is 5.11. The van der Waals surface area contributed by atoms with Crippen LogP contribution in [0, 0.1) is 16.7 Å². The average molecular weight is 153 g/mol. The topological polar surface area (TPSA) is 26.0 Å². The predicted octanol–water partition coefficient (Wildman–Crippen LogP) is 2.16. The summed E-state index contributed by atoms with van der Waals surface area (Å²) in [5.74, 6) is 0.905.